The molecule has 2 N–H and O–H groups in total. The Morgan fingerprint density at radius 1 is 0.913 bits per heavy atom. The monoisotopic (exact) mass is 624 g/mol. The summed E-state index contributed by atoms with van der Waals surface area (Å²) in [4.78, 5) is 27.1. The Hall–Kier alpha value is -5.45. The number of ether oxygens (including phenoxy) is 4. The topological polar surface area (TPSA) is 124 Å². The van der Waals surface area contributed by atoms with Crippen molar-refractivity contribution in [1.29, 1.82) is 0 Å². The minimum Gasteiger partial charge on any atom is -0.493 e. The van der Waals surface area contributed by atoms with Gasteiger partial charge >= 0.3 is 0 Å². The molecule has 46 heavy (non-hydrogen) atoms. The molecule has 0 fully saturated rings. The van der Waals surface area contributed by atoms with Gasteiger partial charge in [0.25, 0.3) is 11.6 Å². The number of carbonyl (C=O) groups excluding carboxylic acids is 1. The van der Waals surface area contributed by atoms with Crippen molar-refractivity contribution in [3.63, 3.8) is 0 Å². The highest BCUT2D eigenvalue weighted by Gasteiger charge is 2.38. The molecule has 0 aromatic heterocycles. The molecule has 1 atom stereocenters. The molecule has 0 saturated carbocycles. The van der Waals surface area contributed by atoms with Crippen LogP contribution in [0.5, 0.6) is 23.0 Å². The van der Waals surface area contributed by atoms with Gasteiger partial charge in [0.2, 0.25) is 0 Å². The molecule has 238 valence electrons. The van der Waals surface area contributed by atoms with E-state index in [-0.39, 0.29) is 30.9 Å². The summed E-state index contributed by atoms with van der Waals surface area (Å²) in [5, 5.41) is 18.4. The first-order valence-corrected chi connectivity index (χ1v) is 15.0. The Kier molecular flexibility index (Phi) is 8.31. The lowest BCUT2D eigenvalue weighted by molar-refractivity contribution is -0.385. The molecule has 2 aliphatic heterocycles. The predicted octanol–water partition coefficient (Wildman–Crippen LogP) is 6.43. The number of anilines is 3. The molecule has 6 rings (SSSR count). The summed E-state index contributed by atoms with van der Waals surface area (Å²) in [5.74, 6) is 1.77. The number of aryl methyl sites for hydroxylation is 2. The fraction of sp³-hybridized carbons (Fsp3) is 0.286. The van der Waals surface area contributed by atoms with E-state index in [1.54, 1.807) is 25.3 Å². The van der Waals surface area contributed by atoms with E-state index in [1.165, 1.54) is 30.4 Å². The van der Waals surface area contributed by atoms with Crippen molar-refractivity contribution in [2.24, 2.45) is 0 Å². The Bertz CT molecular complexity index is 1840. The summed E-state index contributed by atoms with van der Waals surface area (Å²) >= 11 is 0. The molecule has 0 bridgehead atoms. The zero-order valence-corrected chi connectivity index (χ0v) is 26.4. The van der Waals surface area contributed by atoms with Gasteiger partial charge in [0, 0.05) is 49.2 Å². The molecular weight excluding hydrogens is 588 g/mol. The fourth-order valence-electron chi connectivity index (χ4n) is 6.19. The van der Waals surface area contributed by atoms with Crippen molar-refractivity contribution in [2.45, 2.75) is 39.5 Å². The van der Waals surface area contributed by atoms with Crippen LogP contribution in [0.4, 0.5) is 22.7 Å². The van der Waals surface area contributed by atoms with Crippen molar-refractivity contribution in [3.05, 3.63) is 104 Å². The SMILES string of the molecule is CNc1cc(OCc2cc(COc3cc4c(cc3OC)C(=O)N3c5cccc(C)c5CC3CN4)cc([N+](=O)[O-])c2)c(OC)cc1C. The number of nitro benzene ring substituents is 1. The van der Waals surface area contributed by atoms with Crippen LogP contribution in [-0.2, 0) is 19.6 Å². The number of benzene rings is 4. The summed E-state index contributed by atoms with van der Waals surface area (Å²) < 4.78 is 23.4. The van der Waals surface area contributed by atoms with Crippen LogP contribution in [0.1, 0.15) is 38.2 Å². The third-order valence-corrected chi connectivity index (χ3v) is 8.55. The quantitative estimate of drug-likeness (QED) is 0.152. The highest BCUT2D eigenvalue weighted by atomic mass is 16.6. The average Bonchev–Trinajstić information content (AvgIpc) is 3.38. The van der Waals surface area contributed by atoms with E-state index in [1.807, 2.05) is 43.1 Å². The number of amides is 1. The zero-order chi connectivity index (χ0) is 32.5. The van der Waals surface area contributed by atoms with Gasteiger partial charge < -0.3 is 34.5 Å². The van der Waals surface area contributed by atoms with E-state index in [9.17, 15) is 14.9 Å². The Morgan fingerprint density at radius 2 is 1.59 bits per heavy atom. The second-order valence-electron chi connectivity index (χ2n) is 11.4. The van der Waals surface area contributed by atoms with Crippen LogP contribution >= 0.6 is 0 Å². The Morgan fingerprint density at radius 3 is 2.24 bits per heavy atom. The lowest BCUT2D eigenvalue weighted by atomic mass is 10.0. The molecule has 1 amide bonds. The maximum absolute atomic E-state index is 13.8. The first-order chi connectivity index (χ1) is 22.2. The maximum atomic E-state index is 13.8. The summed E-state index contributed by atoms with van der Waals surface area (Å²) in [7, 11) is 4.90. The van der Waals surface area contributed by atoms with Gasteiger partial charge in [-0.2, -0.15) is 0 Å². The van der Waals surface area contributed by atoms with Gasteiger partial charge in [-0.25, -0.2) is 0 Å². The molecule has 0 spiro atoms. The largest absolute Gasteiger partial charge is 0.493 e. The number of hydrogen-bond donors (Lipinski definition) is 2. The van der Waals surface area contributed by atoms with Gasteiger partial charge in [0.15, 0.2) is 23.0 Å². The zero-order valence-electron chi connectivity index (χ0n) is 26.4. The number of nitro groups is 1. The lowest BCUT2D eigenvalue weighted by Crippen LogP contribution is -2.39. The van der Waals surface area contributed by atoms with E-state index < -0.39 is 4.92 Å². The molecule has 4 aromatic carbocycles. The third-order valence-electron chi connectivity index (χ3n) is 8.55. The van der Waals surface area contributed by atoms with Gasteiger partial charge in [-0.15, -0.1) is 0 Å². The van der Waals surface area contributed by atoms with Crippen molar-refractivity contribution in [3.8, 4) is 23.0 Å². The number of carbonyl (C=O) groups is 1. The molecular formula is C35H36N4O7. The van der Waals surface area contributed by atoms with E-state index in [0.29, 0.717) is 51.9 Å². The molecule has 2 heterocycles. The Labute approximate surface area is 267 Å². The number of nitrogens with one attached hydrogen (secondary N) is 2. The van der Waals surface area contributed by atoms with Crippen LogP contribution in [-0.4, -0.2) is 44.7 Å². The van der Waals surface area contributed by atoms with E-state index in [4.69, 9.17) is 18.9 Å². The number of non-ortho nitro benzene ring substituents is 1. The Balaban J connectivity index is 1.24. The number of rotatable bonds is 10. The van der Waals surface area contributed by atoms with Crippen LogP contribution in [0.25, 0.3) is 0 Å². The second-order valence-corrected chi connectivity index (χ2v) is 11.4. The summed E-state index contributed by atoms with van der Waals surface area (Å²) in [5.41, 5.74) is 7.42. The van der Waals surface area contributed by atoms with Gasteiger partial charge in [-0.1, -0.05) is 12.1 Å². The summed E-state index contributed by atoms with van der Waals surface area (Å²) in [6.45, 7) is 4.71. The average molecular weight is 625 g/mol. The van der Waals surface area contributed by atoms with Crippen molar-refractivity contribution in [2.75, 3.05) is 43.3 Å². The number of methoxy groups -OCH3 is 2. The predicted molar refractivity (Wildman–Crippen MR) is 176 cm³/mol. The normalized spacial score (nSPS) is 14.8. The van der Waals surface area contributed by atoms with Gasteiger partial charge in [-0.3, -0.25) is 14.9 Å². The van der Waals surface area contributed by atoms with E-state index in [0.717, 1.165) is 23.4 Å². The second kappa shape index (κ2) is 12.5. The lowest BCUT2D eigenvalue weighted by Gasteiger charge is -2.23. The number of nitrogens with zero attached hydrogens (tertiary/aromatic N) is 2. The van der Waals surface area contributed by atoms with E-state index >= 15 is 0 Å². The highest BCUT2D eigenvalue weighted by Crippen LogP contribution is 2.41. The van der Waals surface area contributed by atoms with Crippen molar-refractivity contribution >= 4 is 28.7 Å². The standard InChI is InChI=1S/C35H36N4O7/c1-20-7-6-8-30-26(20)13-25-17-37-29-16-34(32(44-5)14-27(29)35(40)38(25)30)46-19-23-10-22(11-24(12-23)39(41)42)18-45-33-15-28(36-3)21(2)9-31(33)43-4/h6-12,14-16,25,36-37H,13,17-19H2,1-5H3. The van der Waals surface area contributed by atoms with Crippen LogP contribution < -0.4 is 34.5 Å². The van der Waals surface area contributed by atoms with Crippen molar-refractivity contribution in [1.82, 2.24) is 0 Å². The molecule has 1 unspecified atom stereocenters. The van der Waals surface area contributed by atoms with Gasteiger partial charge in [0.05, 0.1) is 36.4 Å². The van der Waals surface area contributed by atoms with Crippen LogP contribution in [0.15, 0.2) is 60.7 Å². The third kappa shape index (κ3) is 5.71. The van der Waals surface area contributed by atoms with Crippen LogP contribution in [0, 0.1) is 24.0 Å². The molecule has 11 heteroatoms. The first-order valence-electron chi connectivity index (χ1n) is 15.0. The van der Waals surface area contributed by atoms with Gasteiger partial charge in [0.1, 0.15) is 13.2 Å². The number of fused-ring (bicyclic) bond motifs is 4. The summed E-state index contributed by atoms with van der Waals surface area (Å²) in [6, 6.07) is 17.9. The minimum atomic E-state index is -0.442. The number of hydrogen-bond acceptors (Lipinski definition) is 9. The summed E-state index contributed by atoms with van der Waals surface area (Å²) in [6.07, 6.45) is 0.779. The molecule has 11 nitrogen and oxygen atoms in total. The first kappa shape index (κ1) is 30.6. The molecule has 0 radical (unpaired) electrons. The van der Waals surface area contributed by atoms with E-state index in [2.05, 4.69) is 23.6 Å². The van der Waals surface area contributed by atoms with Crippen LogP contribution in [0.3, 0.4) is 0 Å². The van der Waals surface area contributed by atoms with Gasteiger partial charge in [-0.05, 0) is 72.4 Å². The molecule has 0 aliphatic carbocycles. The molecule has 0 saturated heterocycles. The molecule has 4 aromatic rings. The fourth-order valence-corrected chi connectivity index (χ4v) is 6.19. The smallest absolute Gasteiger partial charge is 0.270 e. The van der Waals surface area contributed by atoms with Crippen molar-refractivity contribution < 1.29 is 28.7 Å². The van der Waals surface area contributed by atoms with Crippen LogP contribution in [0.2, 0.25) is 0 Å². The molecule has 2 aliphatic rings. The minimum absolute atomic E-state index is 0.0124. The highest BCUT2D eigenvalue weighted by molar-refractivity contribution is 6.12. The maximum Gasteiger partial charge on any atom is 0.270 e.